The van der Waals surface area contributed by atoms with Crippen molar-refractivity contribution >= 4 is 5.69 Å². The maximum atomic E-state index is 12.4. The zero-order valence-electron chi connectivity index (χ0n) is 11.2. The van der Waals surface area contributed by atoms with Crippen molar-refractivity contribution < 1.29 is 4.92 Å². The molecule has 0 N–H and O–H groups in total. The fourth-order valence-electron chi connectivity index (χ4n) is 2.31. The van der Waals surface area contributed by atoms with Crippen molar-refractivity contribution in [2.75, 3.05) is 0 Å². The number of aryl methyl sites for hydroxylation is 1. The first-order valence-corrected chi connectivity index (χ1v) is 6.60. The van der Waals surface area contributed by atoms with Gasteiger partial charge in [0.05, 0.1) is 10.6 Å². The molecule has 104 valence electrons. The van der Waals surface area contributed by atoms with Gasteiger partial charge in [0.25, 0.3) is 5.69 Å². The Morgan fingerprint density at radius 2 is 2.15 bits per heavy atom. The normalized spacial score (nSPS) is 14.4. The van der Waals surface area contributed by atoms with Gasteiger partial charge in [-0.25, -0.2) is 4.79 Å². The van der Waals surface area contributed by atoms with Crippen LogP contribution >= 0.6 is 0 Å². The lowest BCUT2D eigenvalue weighted by Crippen LogP contribution is -2.24. The molecule has 1 heterocycles. The average Bonchev–Trinajstić information content (AvgIpc) is 3.20. The van der Waals surface area contributed by atoms with Gasteiger partial charge in [0.2, 0.25) is 0 Å². The lowest BCUT2D eigenvalue weighted by molar-refractivity contribution is -0.384. The number of hydrogen-bond acceptors (Lipinski definition) is 3. The van der Waals surface area contributed by atoms with Gasteiger partial charge in [-0.05, 0) is 31.7 Å². The minimum absolute atomic E-state index is 0.0120. The van der Waals surface area contributed by atoms with Crippen molar-refractivity contribution in [3.8, 4) is 5.69 Å². The summed E-state index contributed by atoms with van der Waals surface area (Å²) in [5.41, 5.74) is 1.27. The molecule has 3 rings (SSSR count). The molecule has 0 radical (unpaired) electrons. The lowest BCUT2D eigenvalue weighted by atomic mass is 10.3. The molecular weight excluding hydrogens is 258 g/mol. The third-order valence-corrected chi connectivity index (χ3v) is 3.64. The molecule has 1 aromatic heterocycles. The van der Waals surface area contributed by atoms with Crippen LogP contribution < -0.4 is 5.69 Å². The van der Waals surface area contributed by atoms with Gasteiger partial charge >= 0.3 is 5.69 Å². The van der Waals surface area contributed by atoms with Crippen LogP contribution in [-0.4, -0.2) is 14.1 Å². The van der Waals surface area contributed by atoms with Crippen molar-refractivity contribution in [1.29, 1.82) is 0 Å². The molecule has 0 saturated heterocycles. The predicted octanol–water partition coefficient (Wildman–Crippen LogP) is 2.27. The molecule has 1 aromatic carbocycles. The number of nitro groups is 1. The summed E-state index contributed by atoms with van der Waals surface area (Å²) in [4.78, 5) is 22.7. The molecule has 1 aliphatic carbocycles. The van der Waals surface area contributed by atoms with Gasteiger partial charge in [0.1, 0.15) is 0 Å². The largest absolute Gasteiger partial charge is 0.332 e. The van der Waals surface area contributed by atoms with Crippen LogP contribution in [0.2, 0.25) is 0 Å². The summed E-state index contributed by atoms with van der Waals surface area (Å²) >= 11 is 0. The highest BCUT2D eigenvalue weighted by Gasteiger charge is 2.24. The van der Waals surface area contributed by atoms with Crippen LogP contribution in [0, 0.1) is 23.0 Å². The molecular formula is C14H15N3O3. The number of non-ortho nitro benzene ring substituents is 1. The summed E-state index contributed by atoms with van der Waals surface area (Å²) < 4.78 is 3.22. The van der Waals surface area contributed by atoms with E-state index in [1.165, 1.54) is 29.5 Å². The van der Waals surface area contributed by atoms with Gasteiger partial charge in [-0.1, -0.05) is 6.07 Å². The van der Waals surface area contributed by atoms with Crippen LogP contribution in [0.3, 0.4) is 0 Å². The molecule has 0 amide bonds. The Kier molecular flexibility index (Phi) is 2.93. The fraction of sp³-hybridized carbons (Fsp3) is 0.357. The summed E-state index contributed by atoms with van der Waals surface area (Å²) in [6.07, 6.45) is 4.09. The number of aromatic nitrogens is 2. The Morgan fingerprint density at radius 3 is 2.80 bits per heavy atom. The molecule has 0 spiro atoms. The van der Waals surface area contributed by atoms with Crippen LogP contribution in [0.5, 0.6) is 0 Å². The first-order chi connectivity index (χ1) is 9.56. The second kappa shape index (κ2) is 4.63. The van der Waals surface area contributed by atoms with Crippen LogP contribution in [0.25, 0.3) is 5.69 Å². The summed E-state index contributed by atoms with van der Waals surface area (Å²) in [6, 6.07) is 6.13. The quantitative estimate of drug-likeness (QED) is 0.633. The summed E-state index contributed by atoms with van der Waals surface area (Å²) in [5, 5.41) is 10.8. The zero-order chi connectivity index (χ0) is 14.3. The second-order valence-electron chi connectivity index (χ2n) is 5.25. The van der Waals surface area contributed by atoms with Crippen LogP contribution in [-0.2, 0) is 6.54 Å². The molecule has 0 atom stereocenters. The van der Waals surface area contributed by atoms with Crippen LogP contribution in [0.1, 0.15) is 18.5 Å². The first-order valence-electron chi connectivity index (χ1n) is 6.60. The highest BCUT2D eigenvalue weighted by molar-refractivity contribution is 5.43. The zero-order valence-corrected chi connectivity index (χ0v) is 11.2. The summed E-state index contributed by atoms with van der Waals surface area (Å²) in [6.45, 7) is 2.63. The van der Waals surface area contributed by atoms with Crippen molar-refractivity contribution in [3.63, 3.8) is 0 Å². The summed E-state index contributed by atoms with van der Waals surface area (Å²) in [7, 11) is 0. The number of rotatable bonds is 4. The molecule has 0 bridgehead atoms. The molecule has 6 heteroatoms. The molecule has 1 saturated carbocycles. The second-order valence-corrected chi connectivity index (χ2v) is 5.25. The van der Waals surface area contributed by atoms with Gasteiger partial charge in [-0.2, -0.15) is 0 Å². The van der Waals surface area contributed by atoms with E-state index in [-0.39, 0.29) is 11.4 Å². The Labute approximate surface area is 115 Å². The summed E-state index contributed by atoms with van der Waals surface area (Å²) in [5.74, 6) is 0.604. The molecule has 2 aromatic rings. The predicted molar refractivity (Wildman–Crippen MR) is 74.1 cm³/mol. The van der Waals surface area contributed by atoms with E-state index in [1.54, 1.807) is 22.9 Å². The van der Waals surface area contributed by atoms with Crippen molar-refractivity contribution in [3.05, 3.63) is 56.8 Å². The fourth-order valence-corrected chi connectivity index (χ4v) is 2.31. The smallest absolute Gasteiger partial charge is 0.296 e. The van der Waals surface area contributed by atoms with Gasteiger partial charge in [0.15, 0.2) is 0 Å². The number of imidazole rings is 1. The highest BCUT2D eigenvalue weighted by atomic mass is 16.6. The SMILES string of the molecule is Cc1cn(-c2cccc([N+](=O)[O-])c2)c(=O)n1CC1CC1. The van der Waals surface area contributed by atoms with E-state index in [1.807, 2.05) is 6.92 Å². The van der Waals surface area contributed by atoms with E-state index < -0.39 is 4.92 Å². The van der Waals surface area contributed by atoms with E-state index in [9.17, 15) is 14.9 Å². The molecule has 6 nitrogen and oxygen atoms in total. The first kappa shape index (κ1) is 12.7. The van der Waals surface area contributed by atoms with Crippen molar-refractivity contribution in [2.45, 2.75) is 26.3 Å². The van der Waals surface area contributed by atoms with Gasteiger partial charge < -0.3 is 0 Å². The molecule has 1 fully saturated rings. The van der Waals surface area contributed by atoms with Gasteiger partial charge in [-0.15, -0.1) is 0 Å². The molecule has 0 unspecified atom stereocenters. The third kappa shape index (κ3) is 2.24. The Bertz CT molecular complexity index is 726. The molecule has 20 heavy (non-hydrogen) atoms. The third-order valence-electron chi connectivity index (χ3n) is 3.64. The monoisotopic (exact) mass is 273 g/mol. The number of nitro benzene ring substituents is 1. The topological polar surface area (TPSA) is 70.1 Å². The maximum Gasteiger partial charge on any atom is 0.332 e. The Morgan fingerprint density at radius 1 is 1.40 bits per heavy atom. The van der Waals surface area contributed by atoms with Gasteiger partial charge in [0, 0.05) is 30.6 Å². The van der Waals surface area contributed by atoms with E-state index in [2.05, 4.69) is 0 Å². The number of benzene rings is 1. The highest BCUT2D eigenvalue weighted by Crippen LogP contribution is 2.30. The van der Waals surface area contributed by atoms with E-state index >= 15 is 0 Å². The van der Waals surface area contributed by atoms with Crippen LogP contribution in [0.15, 0.2) is 35.3 Å². The lowest BCUT2D eigenvalue weighted by Gasteiger charge is -2.02. The van der Waals surface area contributed by atoms with Crippen molar-refractivity contribution in [1.82, 2.24) is 9.13 Å². The van der Waals surface area contributed by atoms with Gasteiger partial charge in [-0.3, -0.25) is 19.2 Å². The van der Waals surface area contributed by atoms with Crippen molar-refractivity contribution in [2.24, 2.45) is 5.92 Å². The van der Waals surface area contributed by atoms with E-state index in [4.69, 9.17) is 0 Å². The van der Waals surface area contributed by atoms with E-state index in [0.29, 0.717) is 11.6 Å². The number of nitrogens with zero attached hydrogens (tertiary/aromatic N) is 3. The minimum Gasteiger partial charge on any atom is -0.296 e. The molecule has 1 aliphatic rings. The van der Waals surface area contributed by atoms with Crippen LogP contribution in [0.4, 0.5) is 5.69 Å². The Hall–Kier alpha value is -2.37. The van der Waals surface area contributed by atoms with E-state index in [0.717, 1.165) is 12.2 Å². The minimum atomic E-state index is -0.456. The number of hydrogen-bond donors (Lipinski definition) is 0. The Balaban J connectivity index is 2.03. The molecule has 0 aliphatic heterocycles. The maximum absolute atomic E-state index is 12.4. The standard InChI is InChI=1S/C14H15N3O3/c1-10-8-16(14(18)15(10)9-11-5-6-11)12-3-2-4-13(7-12)17(19)20/h2-4,7-8,11H,5-6,9H2,1H3. The average molecular weight is 273 g/mol.